The van der Waals surface area contributed by atoms with Crippen LogP contribution in [-0.2, 0) is 9.47 Å². The zero-order chi connectivity index (χ0) is 13.4. The van der Waals surface area contributed by atoms with Crippen LogP contribution in [0.1, 0.15) is 31.4 Å². The molecule has 0 aromatic heterocycles. The van der Waals surface area contributed by atoms with Crippen molar-refractivity contribution in [2.45, 2.75) is 40.4 Å². The van der Waals surface area contributed by atoms with E-state index < -0.39 is 0 Å². The first kappa shape index (κ1) is 15.0. The number of hydrogen-bond donors (Lipinski definition) is 0. The Kier molecular flexibility index (Phi) is 6.76. The molecule has 0 spiro atoms. The lowest BCUT2D eigenvalue weighted by atomic mass is 10.1. The minimum Gasteiger partial charge on any atom is -0.493 e. The third kappa shape index (κ3) is 5.07. The van der Waals surface area contributed by atoms with Gasteiger partial charge in [-0.25, -0.2) is 0 Å². The summed E-state index contributed by atoms with van der Waals surface area (Å²) in [6, 6.07) is 6.20. The number of hydrogen-bond acceptors (Lipinski definition) is 3. The second-order valence-electron chi connectivity index (χ2n) is 4.25. The van der Waals surface area contributed by atoms with Gasteiger partial charge in [-0.2, -0.15) is 0 Å². The van der Waals surface area contributed by atoms with Crippen molar-refractivity contribution in [2.75, 3.05) is 19.8 Å². The van der Waals surface area contributed by atoms with E-state index in [2.05, 4.69) is 26.0 Å². The summed E-state index contributed by atoms with van der Waals surface area (Å²) in [6.45, 7) is 10.0. The number of aryl methyl sites for hydroxylation is 2. The maximum atomic E-state index is 5.75. The highest BCUT2D eigenvalue weighted by Crippen LogP contribution is 2.19. The van der Waals surface area contributed by atoms with Crippen molar-refractivity contribution in [3.05, 3.63) is 29.3 Å². The van der Waals surface area contributed by atoms with Crippen molar-refractivity contribution in [2.24, 2.45) is 0 Å². The summed E-state index contributed by atoms with van der Waals surface area (Å²) < 4.78 is 16.7. The molecule has 18 heavy (non-hydrogen) atoms. The first-order valence-electron chi connectivity index (χ1n) is 6.60. The monoisotopic (exact) mass is 252 g/mol. The molecule has 0 saturated carbocycles. The summed E-state index contributed by atoms with van der Waals surface area (Å²) >= 11 is 0. The average Bonchev–Trinajstić information content (AvgIpc) is 2.32. The molecule has 3 heteroatoms. The highest BCUT2D eigenvalue weighted by Gasteiger charge is 2.08. The Bertz CT molecular complexity index is 344. The van der Waals surface area contributed by atoms with Crippen molar-refractivity contribution in [1.29, 1.82) is 0 Å². The first-order valence-corrected chi connectivity index (χ1v) is 6.60. The molecule has 0 atom stereocenters. The van der Waals surface area contributed by atoms with Crippen LogP contribution in [0.15, 0.2) is 18.2 Å². The first-order chi connectivity index (χ1) is 8.67. The third-order valence-electron chi connectivity index (χ3n) is 2.65. The van der Waals surface area contributed by atoms with Crippen molar-refractivity contribution < 1.29 is 14.2 Å². The summed E-state index contributed by atoms with van der Waals surface area (Å²) in [5.41, 5.74) is 2.42. The van der Waals surface area contributed by atoms with Gasteiger partial charge in [-0.3, -0.25) is 0 Å². The third-order valence-corrected chi connectivity index (χ3v) is 2.65. The second-order valence-corrected chi connectivity index (χ2v) is 4.25. The maximum absolute atomic E-state index is 5.75. The van der Waals surface area contributed by atoms with E-state index in [0.29, 0.717) is 19.8 Å². The fourth-order valence-electron chi connectivity index (χ4n) is 1.81. The van der Waals surface area contributed by atoms with Gasteiger partial charge in [-0.1, -0.05) is 17.7 Å². The van der Waals surface area contributed by atoms with Crippen LogP contribution < -0.4 is 4.74 Å². The lowest BCUT2D eigenvalue weighted by Gasteiger charge is -2.17. The molecule has 0 fully saturated rings. The second kappa shape index (κ2) is 8.11. The maximum Gasteiger partial charge on any atom is 0.160 e. The molecule has 0 saturated heterocycles. The van der Waals surface area contributed by atoms with Gasteiger partial charge in [0.05, 0.1) is 6.61 Å². The Morgan fingerprint density at radius 3 is 2.28 bits per heavy atom. The molecular weight excluding hydrogens is 228 g/mol. The minimum atomic E-state index is -0.161. The predicted molar refractivity (Wildman–Crippen MR) is 73.1 cm³/mol. The SMILES string of the molecule is CCOC(CCOc1ccc(C)cc1C)OCC. The van der Waals surface area contributed by atoms with Gasteiger partial charge < -0.3 is 14.2 Å². The minimum absolute atomic E-state index is 0.161. The molecule has 1 aromatic rings. The van der Waals surface area contributed by atoms with Crippen LogP contribution in [0.5, 0.6) is 5.75 Å². The van der Waals surface area contributed by atoms with Gasteiger partial charge >= 0.3 is 0 Å². The average molecular weight is 252 g/mol. The number of benzene rings is 1. The fraction of sp³-hybridized carbons (Fsp3) is 0.600. The molecule has 1 rings (SSSR count). The van der Waals surface area contributed by atoms with Gasteiger partial charge in [0.25, 0.3) is 0 Å². The van der Waals surface area contributed by atoms with Crippen LogP contribution in [0.4, 0.5) is 0 Å². The molecule has 1 aromatic carbocycles. The highest BCUT2D eigenvalue weighted by molar-refractivity contribution is 5.35. The van der Waals surface area contributed by atoms with E-state index in [9.17, 15) is 0 Å². The summed E-state index contributed by atoms with van der Waals surface area (Å²) in [6.07, 6.45) is 0.584. The molecule has 0 unspecified atom stereocenters. The summed E-state index contributed by atoms with van der Waals surface area (Å²) in [5.74, 6) is 0.937. The summed E-state index contributed by atoms with van der Waals surface area (Å²) in [7, 11) is 0. The highest BCUT2D eigenvalue weighted by atomic mass is 16.7. The Morgan fingerprint density at radius 2 is 1.72 bits per heavy atom. The molecule has 0 aliphatic rings. The molecule has 0 N–H and O–H groups in total. The van der Waals surface area contributed by atoms with Gasteiger partial charge in [-0.15, -0.1) is 0 Å². The predicted octanol–water partition coefficient (Wildman–Crippen LogP) is 3.47. The summed E-state index contributed by atoms with van der Waals surface area (Å²) in [4.78, 5) is 0. The van der Waals surface area contributed by atoms with Crippen LogP contribution in [0, 0.1) is 13.8 Å². The van der Waals surface area contributed by atoms with Crippen molar-refractivity contribution >= 4 is 0 Å². The van der Waals surface area contributed by atoms with E-state index in [0.717, 1.165) is 12.2 Å². The Hall–Kier alpha value is -1.06. The Balaban J connectivity index is 2.39. The van der Waals surface area contributed by atoms with Crippen LogP contribution in [0.3, 0.4) is 0 Å². The van der Waals surface area contributed by atoms with Gasteiger partial charge in [-0.05, 0) is 39.3 Å². The molecule has 0 heterocycles. The molecule has 0 radical (unpaired) electrons. The zero-order valence-corrected chi connectivity index (χ0v) is 11.9. The molecule has 0 amide bonds. The van der Waals surface area contributed by atoms with E-state index >= 15 is 0 Å². The van der Waals surface area contributed by atoms with E-state index in [1.807, 2.05) is 19.9 Å². The van der Waals surface area contributed by atoms with E-state index in [4.69, 9.17) is 14.2 Å². The normalized spacial score (nSPS) is 10.9. The van der Waals surface area contributed by atoms with Gasteiger partial charge in [0.2, 0.25) is 0 Å². The number of ether oxygens (including phenoxy) is 3. The topological polar surface area (TPSA) is 27.7 Å². The van der Waals surface area contributed by atoms with Crippen molar-refractivity contribution in [1.82, 2.24) is 0 Å². The zero-order valence-electron chi connectivity index (χ0n) is 11.9. The molecule has 0 bridgehead atoms. The van der Waals surface area contributed by atoms with Crippen LogP contribution in [0.2, 0.25) is 0 Å². The van der Waals surface area contributed by atoms with Gasteiger partial charge in [0.1, 0.15) is 5.75 Å². The van der Waals surface area contributed by atoms with E-state index in [-0.39, 0.29) is 6.29 Å². The fourth-order valence-corrected chi connectivity index (χ4v) is 1.81. The van der Waals surface area contributed by atoms with Crippen molar-refractivity contribution in [3.8, 4) is 5.75 Å². The molecule has 0 aliphatic heterocycles. The van der Waals surface area contributed by atoms with Crippen LogP contribution in [-0.4, -0.2) is 26.1 Å². The Morgan fingerprint density at radius 1 is 1.06 bits per heavy atom. The molecule has 0 aliphatic carbocycles. The lowest BCUT2D eigenvalue weighted by molar-refractivity contribution is -0.142. The van der Waals surface area contributed by atoms with Gasteiger partial charge in [0.15, 0.2) is 6.29 Å². The van der Waals surface area contributed by atoms with Crippen molar-refractivity contribution in [3.63, 3.8) is 0 Å². The number of rotatable bonds is 8. The molecular formula is C15H24O3. The quantitative estimate of drug-likeness (QED) is 0.663. The van der Waals surface area contributed by atoms with Crippen LogP contribution >= 0.6 is 0 Å². The standard InChI is InChI=1S/C15H24O3/c1-5-16-15(17-6-2)9-10-18-14-8-7-12(3)11-13(14)4/h7-8,11,15H,5-6,9-10H2,1-4H3. The molecule has 102 valence electrons. The van der Waals surface area contributed by atoms with Crippen LogP contribution in [0.25, 0.3) is 0 Å². The lowest BCUT2D eigenvalue weighted by Crippen LogP contribution is -2.20. The smallest absolute Gasteiger partial charge is 0.160 e. The molecule has 3 nitrogen and oxygen atoms in total. The Labute approximate surface area is 110 Å². The van der Waals surface area contributed by atoms with Gasteiger partial charge in [0, 0.05) is 19.6 Å². The summed E-state index contributed by atoms with van der Waals surface area (Å²) in [5, 5.41) is 0. The largest absolute Gasteiger partial charge is 0.493 e. The van der Waals surface area contributed by atoms with E-state index in [1.165, 1.54) is 11.1 Å². The van der Waals surface area contributed by atoms with E-state index in [1.54, 1.807) is 0 Å².